The summed E-state index contributed by atoms with van der Waals surface area (Å²) in [5, 5.41) is 7.01. The van der Waals surface area contributed by atoms with Crippen molar-refractivity contribution in [2.24, 2.45) is 0 Å². The molecule has 1 heterocycles. The quantitative estimate of drug-likeness (QED) is 0.498. The number of nitrogens with one attached hydrogen (secondary N) is 1. The van der Waals surface area contributed by atoms with Crippen molar-refractivity contribution in [3.8, 4) is 11.8 Å². The van der Waals surface area contributed by atoms with Gasteiger partial charge in [-0.2, -0.15) is 4.98 Å². The van der Waals surface area contributed by atoms with E-state index in [0.717, 1.165) is 0 Å². The molecule has 0 bridgehead atoms. The summed E-state index contributed by atoms with van der Waals surface area (Å²) in [6.45, 7) is 1.80. The molecule has 0 atom stereocenters. The number of nitrogens with two attached hydrogens (primary N) is 1. The van der Waals surface area contributed by atoms with Crippen LogP contribution in [0.25, 0.3) is 0 Å². The van der Waals surface area contributed by atoms with Gasteiger partial charge in [0.25, 0.3) is 0 Å². The minimum atomic E-state index is 0.344. The van der Waals surface area contributed by atoms with Crippen LogP contribution in [0.5, 0.6) is 0 Å². The first-order chi connectivity index (χ1) is 5.33. The first-order valence-corrected chi connectivity index (χ1v) is 4.02. The highest BCUT2D eigenvalue weighted by Crippen LogP contribution is 2.10. The third-order valence-electron chi connectivity index (χ3n) is 0.932. The van der Waals surface area contributed by atoms with Gasteiger partial charge in [0.2, 0.25) is 11.1 Å². The molecular weight excluding hydrogens is 160 g/mol. The van der Waals surface area contributed by atoms with E-state index in [4.69, 9.17) is 5.73 Å². The van der Waals surface area contributed by atoms with Gasteiger partial charge in [-0.1, -0.05) is 17.7 Å². The van der Waals surface area contributed by atoms with E-state index in [1.807, 2.05) is 0 Å². The number of nitrogen functional groups attached to an aromatic ring is 1. The molecule has 0 aliphatic heterocycles. The van der Waals surface area contributed by atoms with Crippen molar-refractivity contribution < 1.29 is 0 Å². The normalized spacial score (nSPS) is 8.82. The third-order valence-corrected chi connectivity index (χ3v) is 1.66. The molecule has 1 aromatic rings. The van der Waals surface area contributed by atoms with Gasteiger partial charge in [-0.15, -0.1) is 11.0 Å². The number of rotatable bonds is 2. The minimum Gasteiger partial charge on any atom is -0.368 e. The molecule has 0 saturated heterocycles. The monoisotopic (exact) mass is 168 g/mol. The average molecular weight is 168 g/mol. The smallest absolute Gasteiger partial charge is 0.216 e. The topological polar surface area (TPSA) is 67.6 Å². The van der Waals surface area contributed by atoms with Crippen LogP contribution in [0.2, 0.25) is 0 Å². The molecule has 11 heavy (non-hydrogen) atoms. The minimum absolute atomic E-state index is 0.344. The standard InChI is InChI=1S/C6H8N4S/c1-2-3-4-11-6-8-5(7)9-10-6/h4H2,1H3,(H3,7,8,9,10). The van der Waals surface area contributed by atoms with Gasteiger partial charge in [-0.25, -0.2) is 5.10 Å². The molecule has 0 aliphatic carbocycles. The second-order valence-corrected chi connectivity index (χ2v) is 2.66. The van der Waals surface area contributed by atoms with Crippen LogP contribution >= 0.6 is 11.8 Å². The number of H-pyrrole nitrogens is 1. The molecule has 1 rings (SSSR count). The lowest BCUT2D eigenvalue weighted by Crippen LogP contribution is -1.85. The maximum Gasteiger partial charge on any atom is 0.216 e. The second-order valence-electron chi connectivity index (χ2n) is 1.72. The molecule has 0 amide bonds. The van der Waals surface area contributed by atoms with E-state index < -0.39 is 0 Å². The van der Waals surface area contributed by atoms with Crippen molar-refractivity contribution in [2.75, 3.05) is 11.5 Å². The van der Waals surface area contributed by atoms with E-state index >= 15 is 0 Å². The second kappa shape index (κ2) is 3.88. The highest BCUT2D eigenvalue weighted by Gasteiger charge is 1.97. The Morgan fingerprint density at radius 3 is 3.09 bits per heavy atom. The van der Waals surface area contributed by atoms with Crippen LogP contribution in [0.15, 0.2) is 5.16 Å². The predicted molar refractivity (Wildman–Crippen MR) is 45.0 cm³/mol. The SMILES string of the molecule is CC#CCSc1n[nH]c(N)n1. The fourth-order valence-corrected chi connectivity index (χ4v) is 1.11. The van der Waals surface area contributed by atoms with Gasteiger partial charge in [-0.05, 0) is 6.92 Å². The molecule has 0 aliphatic rings. The van der Waals surface area contributed by atoms with Crippen LogP contribution < -0.4 is 5.73 Å². The summed E-state index contributed by atoms with van der Waals surface area (Å²) in [5.41, 5.74) is 5.30. The van der Waals surface area contributed by atoms with E-state index in [9.17, 15) is 0 Å². The number of hydrogen-bond donors (Lipinski definition) is 2. The van der Waals surface area contributed by atoms with Crippen molar-refractivity contribution >= 4 is 17.7 Å². The van der Waals surface area contributed by atoms with E-state index in [2.05, 4.69) is 27.0 Å². The summed E-state index contributed by atoms with van der Waals surface area (Å²) in [6.07, 6.45) is 0. The summed E-state index contributed by atoms with van der Waals surface area (Å²) in [6, 6.07) is 0. The molecule has 4 nitrogen and oxygen atoms in total. The first kappa shape index (κ1) is 7.95. The molecule has 0 fully saturated rings. The fraction of sp³-hybridized carbons (Fsp3) is 0.333. The average Bonchev–Trinajstić information content (AvgIpc) is 2.37. The molecule has 58 valence electrons. The third kappa shape index (κ3) is 2.51. The van der Waals surface area contributed by atoms with Gasteiger partial charge in [0.05, 0.1) is 5.75 Å². The fourth-order valence-electron chi connectivity index (χ4n) is 0.495. The lowest BCUT2D eigenvalue weighted by Gasteiger charge is -1.83. The van der Waals surface area contributed by atoms with Crippen LogP contribution in [0.4, 0.5) is 5.95 Å². The Morgan fingerprint density at radius 2 is 2.55 bits per heavy atom. The molecule has 3 N–H and O–H groups in total. The summed E-state index contributed by atoms with van der Waals surface area (Å²) >= 11 is 1.46. The molecular formula is C6H8N4S. The lowest BCUT2D eigenvalue weighted by atomic mass is 10.7. The van der Waals surface area contributed by atoms with E-state index in [1.54, 1.807) is 6.92 Å². The molecule has 0 spiro atoms. The van der Waals surface area contributed by atoms with E-state index in [-0.39, 0.29) is 0 Å². The molecule has 0 aromatic carbocycles. The van der Waals surface area contributed by atoms with Crippen molar-refractivity contribution in [1.29, 1.82) is 0 Å². The highest BCUT2D eigenvalue weighted by atomic mass is 32.2. The van der Waals surface area contributed by atoms with Gasteiger partial charge < -0.3 is 5.73 Å². The van der Waals surface area contributed by atoms with Crippen LogP contribution in [-0.2, 0) is 0 Å². The van der Waals surface area contributed by atoms with Gasteiger partial charge in [0.1, 0.15) is 0 Å². The Hall–Kier alpha value is -1.15. The van der Waals surface area contributed by atoms with Crippen LogP contribution in [0.3, 0.4) is 0 Å². The summed E-state index contributed by atoms with van der Waals surface area (Å²) in [5.74, 6) is 6.71. The number of aromatic nitrogens is 3. The Bertz CT molecular complexity index is 282. The van der Waals surface area contributed by atoms with Crippen molar-refractivity contribution in [3.05, 3.63) is 0 Å². The van der Waals surface area contributed by atoms with Crippen LogP contribution in [-0.4, -0.2) is 20.9 Å². The number of nitrogens with zero attached hydrogens (tertiary/aromatic N) is 2. The van der Waals surface area contributed by atoms with Crippen molar-refractivity contribution in [3.63, 3.8) is 0 Å². The Morgan fingerprint density at radius 1 is 1.73 bits per heavy atom. The van der Waals surface area contributed by atoms with Crippen LogP contribution in [0.1, 0.15) is 6.92 Å². The van der Waals surface area contributed by atoms with Gasteiger partial charge in [0.15, 0.2) is 0 Å². The zero-order valence-corrected chi connectivity index (χ0v) is 6.90. The Labute approximate surface area is 69.0 Å². The maximum atomic E-state index is 5.30. The number of aromatic amines is 1. The summed E-state index contributed by atoms with van der Waals surface area (Å²) < 4.78 is 0. The molecule has 0 unspecified atom stereocenters. The highest BCUT2D eigenvalue weighted by molar-refractivity contribution is 7.99. The Kier molecular flexibility index (Phi) is 2.81. The zero-order valence-electron chi connectivity index (χ0n) is 6.09. The molecule has 5 heteroatoms. The molecule has 0 radical (unpaired) electrons. The molecule has 1 aromatic heterocycles. The van der Waals surface area contributed by atoms with Gasteiger partial charge in [-0.3, -0.25) is 0 Å². The number of anilines is 1. The number of thioether (sulfide) groups is 1. The largest absolute Gasteiger partial charge is 0.368 e. The lowest BCUT2D eigenvalue weighted by molar-refractivity contribution is 0.976. The number of hydrogen-bond acceptors (Lipinski definition) is 4. The summed E-state index contributed by atoms with van der Waals surface area (Å²) in [7, 11) is 0. The predicted octanol–water partition coefficient (Wildman–Crippen LogP) is 0.502. The van der Waals surface area contributed by atoms with Crippen molar-refractivity contribution in [2.45, 2.75) is 12.1 Å². The van der Waals surface area contributed by atoms with E-state index in [0.29, 0.717) is 16.9 Å². The maximum absolute atomic E-state index is 5.30. The Balaban J connectivity index is 2.43. The first-order valence-electron chi connectivity index (χ1n) is 3.03. The summed E-state index contributed by atoms with van der Waals surface area (Å²) in [4.78, 5) is 3.89. The van der Waals surface area contributed by atoms with Gasteiger partial charge in [0, 0.05) is 0 Å². The van der Waals surface area contributed by atoms with E-state index in [1.165, 1.54) is 11.8 Å². The van der Waals surface area contributed by atoms with Gasteiger partial charge >= 0.3 is 0 Å². The molecule has 0 saturated carbocycles. The van der Waals surface area contributed by atoms with Crippen molar-refractivity contribution in [1.82, 2.24) is 15.2 Å². The van der Waals surface area contributed by atoms with Crippen LogP contribution in [0, 0.1) is 11.8 Å². The zero-order chi connectivity index (χ0) is 8.10.